The van der Waals surface area contributed by atoms with Crippen LogP contribution in [0.15, 0.2) is 27.8 Å². The fraction of sp³-hybridized carbons (Fsp3) is 0.364. The number of nitrogens with zero attached hydrogens (tertiary/aromatic N) is 3. The molecule has 5 nitrogen and oxygen atoms in total. The highest BCUT2D eigenvalue weighted by atomic mass is 16.5. The van der Waals surface area contributed by atoms with Crippen LogP contribution in [-0.2, 0) is 6.54 Å². The van der Waals surface area contributed by atoms with Gasteiger partial charge in [0.15, 0.2) is 0 Å². The Bertz CT molecular complexity index is 595. The highest BCUT2D eigenvalue weighted by Crippen LogP contribution is 2.10. The van der Waals surface area contributed by atoms with Crippen LogP contribution >= 0.6 is 0 Å². The van der Waals surface area contributed by atoms with Crippen molar-refractivity contribution in [1.82, 2.24) is 14.7 Å². The van der Waals surface area contributed by atoms with E-state index in [1.165, 1.54) is 10.9 Å². The second-order valence-electron chi connectivity index (χ2n) is 3.73. The molecule has 0 fully saturated rings. The van der Waals surface area contributed by atoms with Crippen LogP contribution in [0, 0.1) is 6.92 Å². The molecule has 0 atom stereocenters. The van der Waals surface area contributed by atoms with E-state index in [1.54, 1.807) is 6.92 Å². The van der Waals surface area contributed by atoms with Crippen molar-refractivity contribution < 1.29 is 4.52 Å². The Balaban J connectivity index is 2.56. The normalized spacial score (nSPS) is 10.9. The van der Waals surface area contributed by atoms with E-state index in [0.29, 0.717) is 23.3 Å². The van der Waals surface area contributed by atoms with Gasteiger partial charge in [-0.2, -0.15) is 0 Å². The molecule has 2 heterocycles. The maximum Gasteiger partial charge on any atom is 0.266 e. The summed E-state index contributed by atoms with van der Waals surface area (Å²) in [5.74, 6) is 0. The molecule has 0 aliphatic heterocycles. The first kappa shape index (κ1) is 10.6. The van der Waals surface area contributed by atoms with Crippen LogP contribution in [0.5, 0.6) is 0 Å². The SMILES string of the molecule is C=C(CC)Cn1cnc2onc(C)c2c1=O. The van der Waals surface area contributed by atoms with Crippen molar-refractivity contribution in [3.63, 3.8) is 0 Å². The second kappa shape index (κ2) is 3.92. The zero-order chi connectivity index (χ0) is 11.7. The smallest absolute Gasteiger partial charge is 0.266 e. The van der Waals surface area contributed by atoms with E-state index < -0.39 is 0 Å². The fourth-order valence-corrected chi connectivity index (χ4v) is 1.48. The number of aromatic nitrogens is 3. The summed E-state index contributed by atoms with van der Waals surface area (Å²) in [5, 5.41) is 4.17. The van der Waals surface area contributed by atoms with Gasteiger partial charge in [0.2, 0.25) is 0 Å². The number of hydrogen-bond acceptors (Lipinski definition) is 4. The topological polar surface area (TPSA) is 60.9 Å². The van der Waals surface area contributed by atoms with Gasteiger partial charge in [-0.25, -0.2) is 4.98 Å². The van der Waals surface area contributed by atoms with E-state index >= 15 is 0 Å². The van der Waals surface area contributed by atoms with E-state index in [0.717, 1.165) is 12.0 Å². The van der Waals surface area contributed by atoms with Crippen molar-refractivity contribution in [3.05, 3.63) is 34.5 Å². The molecular weight excluding hydrogens is 206 g/mol. The highest BCUT2D eigenvalue weighted by Gasteiger charge is 2.11. The molecule has 16 heavy (non-hydrogen) atoms. The third kappa shape index (κ3) is 1.64. The molecule has 0 saturated heterocycles. The molecule has 0 aliphatic carbocycles. The Morgan fingerprint density at radius 3 is 3.06 bits per heavy atom. The number of hydrogen-bond donors (Lipinski definition) is 0. The molecule has 0 radical (unpaired) electrons. The summed E-state index contributed by atoms with van der Waals surface area (Å²) in [6.07, 6.45) is 2.31. The Labute approximate surface area is 92.4 Å². The molecule has 0 spiro atoms. The standard InChI is InChI=1S/C11H13N3O2/c1-4-7(2)5-14-6-12-10-9(11(14)15)8(3)13-16-10/h6H,2,4-5H2,1,3H3. The maximum absolute atomic E-state index is 12.0. The molecule has 2 aromatic rings. The number of fused-ring (bicyclic) bond motifs is 1. The van der Waals surface area contributed by atoms with E-state index in [-0.39, 0.29) is 5.56 Å². The summed E-state index contributed by atoms with van der Waals surface area (Å²) in [4.78, 5) is 16.1. The van der Waals surface area contributed by atoms with Crippen LogP contribution in [0.4, 0.5) is 0 Å². The number of allylic oxidation sites excluding steroid dienone is 1. The zero-order valence-electron chi connectivity index (χ0n) is 9.36. The summed E-state index contributed by atoms with van der Waals surface area (Å²) in [6.45, 7) is 8.10. The molecule has 0 amide bonds. The summed E-state index contributed by atoms with van der Waals surface area (Å²) in [5.41, 5.74) is 1.72. The van der Waals surface area contributed by atoms with Gasteiger partial charge in [-0.05, 0) is 13.3 Å². The molecule has 0 aliphatic rings. The average molecular weight is 219 g/mol. The lowest BCUT2D eigenvalue weighted by molar-refractivity contribution is 0.442. The van der Waals surface area contributed by atoms with Crippen LogP contribution in [-0.4, -0.2) is 14.7 Å². The van der Waals surface area contributed by atoms with Crippen LogP contribution in [0.2, 0.25) is 0 Å². The van der Waals surface area contributed by atoms with Gasteiger partial charge in [-0.3, -0.25) is 9.36 Å². The summed E-state index contributed by atoms with van der Waals surface area (Å²) in [6, 6.07) is 0. The van der Waals surface area contributed by atoms with Gasteiger partial charge in [0.1, 0.15) is 11.7 Å². The first-order valence-corrected chi connectivity index (χ1v) is 5.11. The molecule has 0 aromatic carbocycles. The Hall–Kier alpha value is -1.91. The molecule has 5 heteroatoms. The molecule has 84 valence electrons. The van der Waals surface area contributed by atoms with Crippen molar-refractivity contribution in [2.45, 2.75) is 26.8 Å². The van der Waals surface area contributed by atoms with Crippen molar-refractivity contribution in [1.29, 1.82) is 0 Å². The Morgan fingerprint density at radius 2 is 2.38 bits per heavy atom. The fourth-order valence-electron chi connectivity index (χ4n) is 1.48. The van der Waals surface area contributed by atoms with Crippen LogP contribution in [0.25, 0.3) is 11.1 Å². The van der Waals surface area contributed by atoms with E-state index in [4.69, 9.17) is 4.52 Å². The Kier molecular flexibility index (Phi) is 2.60. The monoisotopic (exact) mass is 219 g/mol. The molecule has 0 bridgehead atoms. The van der Waals surface area contributed by atoms with E-state index in [1.807, 2.05) is 6.92 Å². The lowest BCUT2D eigenvalue weighted by Crippen LogP contribution is -2.21. The van der Waals surface area contributed by atoms with E-state index in [9.17, 15) is 4.79 Å². The average Bonchev–Trinajstić information content (AvgIpc) is 2.65. The quantitative estimate of drug-likeness (QED) is 0.736. The third-order valence-electron chi connectivity index (χ3n) is 2.53. The van der Waals surface area contributed by atoms with Gasteiger partial charge < -0.3 is 4.52 Å². The highest BCUT2D eigenvalue weighted by molar-refractivity contribution is 5.73. The van der Waals surface area contributed by atoms with Gasteiger partial charge in [-0.1, -0.05) is 24.2 Å². The van der Waals surface area contributed by atoms with Crippen molar-refractivity contribution >= 4 is 11.1 Å². The predicted molar refractivity (Wildman–Crippen MR) is 60.2 cm³/mol. The van der Waals surface area contributed by atoms with Gasteiger partial charge in [0, 0.05) is 6.54 Å². The van der Waals surface area contributed by atoms with E-state index in [2.05, 4.69) is 16.7 Å². The molecule has 0 saturated carbocycles. The zero-order valence-corrected chi connectivity index (χ0v) is 9.36. The minimum atomic E-state index is -0.127. The number of rotatable bonds is 3. The summed E-state index contributed by atoms with van der Waals surface area (Å²) in [7, 11) is 0. The van der Waals surface area contributed by atoms with Gasteiger partial charge in [-0.15, -0.1) is 0 Å². The third-order valence-corrected chi connectivity index (χ3v) is 2.53. The number of aryl methyl sites for hydroxylation is 1. The Morgan fingerprint density at radius 1 is 1.62 bits per heavy atom. The van der Waals surface area contributed by atoms with Crippen LogP contribution in [0.3, 0.4) is 0 Å². The molecule has 2 rings (SSSR count). The largest absolute Gasteiger partial charge is 0.335 e. The molecular formula is C11H13N3O2. The van der Waals surface area contributed by atoms with Gasteiger partial charge in [0.25, 0.3) is 11.3 Å². The van der Waals surface area contributed by atoms with Crippen LogP contribution in [0.1, 0.15) is 19.0 Å². The first-order chi connectivity index (χ1) is 7.63. The molecule has 0 N–H and O–H groups in total. The lowest BCUT2D eigenvalue weighted by Gasteiger charge is -2.05. The maximum atomic E-state index is 12.0. The van der Waals surface area contributed by atoms with Crippen LogP contribution < -0.4 is 5.56 Å². The minimum absolute atomic E-state index is 0.127. The minimum Gasteiger partial charge on any atom is -0.335 e. The van der Waals surface area contributed by atoms with Gasteiger partial charge >= 0.3 is 0 Å². The first-order valence-electron chi connectivity index (χ1n) is 5.11. The van der Waals surface area contributed by atoms with Crippen molar-refractivity contribution in [3.8, 4) is 0 Å². The predicted octanol–water partition coefficient (Wildman–Crippen LogP) is 1.66. The lowest BCUT2D eigenvalue weighted by atomic mass is 10.2. The summed E-state index contributed by atoms with van der Waals surface area (Å²) >= 11 is 0. The van der Waals surface area contributed by atoms with Crippen molar-refractivity contribution in [2.75, 3.05) is 0 Å². The molecule has 0 unspecified atom stereocenters. The molecule has 2 aromatic heterocycles. The summed E-state index contributed by atoms with van der Waals surface area (Å²) < 4.78 is 6.45. The van der Waals surface area contributed by atoms with Crippen molar-refractivity contribution in [2.24, 2.45) is 0 Å². The van der Waals surface area contributed by atoms with Gasteiger partial charge in [0.05, 0.1) is 5.69 Å². The second-order valence-corrected chi connectivity index (χ2v) is 3.73.